The zero-order chi connectivity index (χ0) is 13.8. The molecule has 3 aromatic rings. The van der Waals surface area contributed by atoms with Gasteiger partial charge in [-0.25, -0.2) is 0 Å². The summed E-state index contributed by atoms with van der Waals surface area (Å²) in [5.74, 6) is 1.90. The third-order valence-corrected chi connectivity index (χ3v) is 2.88. The smallest absolute Gasteiger partial charge is 0.247 e. The number of ether oxygens (including phenoxy) is 1. The number of rotatable bonds is 4. The van der Waals surface area contributed by atoms with Crippen molar-refractivity contribution in [2.45, 2.75) is 13.5 Å². The maximum Gasteiger partial charge on any atom is 0.247 e. The van der Waals surface area contributed by atoms with Crippen LogP contribution in [-0.4, -0.2) is 10.2 Å². The van der Waals surface area contributed by atoms with Gasteiger partial charge in [0, 0.05) is 12.5 Å². The molecule has 0 aliphatic carbocycles. The molecule has 4 nitrogen and oxygen atoms in total. The summed E-state index contributed by atoms with van der Waals surface area (Å²) < 4.78 is 11.1. The number of nitrogens with zero attached hydrogens (tertiary/aromatic N) is 2. The van der Waals surface area contributed by atoms with Gasteiger partial charge >= 0.3 is 0 Å². The van der Waals surface area contributed by atoms with Crippen molar-refractivity contribution in [1.82, 2.24) is 10.2 Å². The van der Waals surface area contributed by atoms with E-state index in [0.717, 1.165) is 16.9 Å². The van der Waals surface area contributed by atoms with Crippen molar-refractivity contribution in [2.75, 3.05) is 0 Å². The van der Waals surface area contributed by atoms with Gasteiger partial charge in [-0.15, -0.1) is 10.2 Å². The second kappa shape index (κ2) is 5.57. The second-order valence-corrected chi connectivity index (χ2v) is 4.42. The Hall–Kier alpha value is -2.62. The number of hydrogen-bond donors (Lipinski definition) is 0. The van der Waals surface area contributed by atoms with Gasteiger partial charge in [-0.1, -0.05) is 30.3 Å². The highest BCUT2D eigenvalue weighted by Crippen LogP contribution is 2.21. The molecule has 0 radical (unpaired) electrons. The zero-order valence-electron chi connectivity index (χ0n) is 11.1. The molecule has 3 rings (SSSR count). The number of benzene rings is 2. The fourth-order valence-corrected chi connectivity index (χ4v) is 1.85. The largest absolute Gasteiger partial charge is 0.489 e. The molecule has 2 aromatic carbocycles. The van der Waals surface area contributed by atoms with Gasteiger partial charge < -0.3 is 9.15 Å². The van der Waals surface area contributed by atoms with E-state index in [1.807, 2.05) is 54.6 Å². The van der Waals surface area contributed by atoms with Crippen molar-refractivity contribution in [2.24, 2.45) is 0 Å². The van der Waals surface area contributed by atoms with Crippen LogP contribution in [-0.2, 0) is 6.61 Å². The lowest BCUT2D eigenvalue weighted by Crippen LogP contribution is -1.94. The summed E-state index contributed by atoms with van der Waals surface area (Å²) in [7, 11) is 0. The lowest BCUT2D eigenvalue weighted by molar-refractivity contribution is 0.306. The molecule has 0 spiro atoms. The predicted molar refractivity (Wildman–Crippen MR) is 75.2 cm³/mol. The molecule has 1 aromatic heterocycles. The first-order valence-corrected chi connectivity index (χ1v) is 6.38. The first-order valence-electron chi connectivity index (χ1n) is 6.38. The second-order valence-electron chi connectivity index (χ2n) is 4.42. The van der Waals surface area contributed by atoms with E-state index in [1.54, 1.807) is 6.92 Å². The molecule has 0 saturated heterocycles. The Morgan fingerprint density at radius 1 is 0.950 bits per heavy atom. The van der Waals surface area contributed by atoms with Crippen LogP contribution in [0.25, 0.3) is 11.5 Å². The van der Waals surface area contributed by atoms with Crippen LogP contribution >= 0.6 is 0 Å². The lowest BCUT2D eigenvalue weighted by Gasteiger charge is -2.06. The van der Waals surface area contributed by atoms with E-state index in [2.05, 4.69) is 10.2 Å². The monoisotopic (exact) mass is 266 g/mol. The van der Waals surface area contributed by atoms with Crippen molar-refractivity contribution in [3.8, 4) is 17.2 Å². The molecule has 4 heteroatoms. The molecule has 0 saturated carbocycles. The molecule has 0 aliphatic rings. The normalized spacial score (nSPS) is 10.4. The molecule has 100 valence electrons. The van der Waals surface area contributed by atoms with Crippen LogP contribution in [0.15, 0.2) is 59.0 Å². The van der Waals surface area contributed by atoms with Crippen LogP contribution in [0.5, 0.6) is 5.75 Å². The van der Waals surface area contributed by atoms with Gasteiger partial charge in [0.25, 0.3) is 0 Å². The molecular formula is C16H14N2O2. The Balaban J connectivity index is 1.67. The maximum absolute atomic E-state index is 5.72. The van der Waals surface area contributed by atoms with Gasteiger partial charge in [0.05, 0.1) is 0 Å². The average molecular weight is 266 g/mol. The number of aromatic nitrogens is 2. The van der Waals surface area contributed by atoms with Crippen LogP contribution in [0, 0.1) is 6.92 Å². The SMILES string of the molecule is Cc1nnc(-c2ccc(OCc3ccccc3)cc2)o1. The Bertz CT molecular complexity index is 675. The standard InChI is InChI=1S/C16H14N2O2/c1-12-17-18-16(20-12)14-7-9-15(10-8-14)19-11-13-5-3-2-4-6-13/h2-10H,11H2,1H3. The molecule has 0 aliphatic heterocycles. The fraction of sp³-hybridized carbons (Fsp3) is 0.125. The molecule has 0 fully saturated rings. The summed E-state index contributed by atoms with van der Waals surface area (Å²) in [6.07, 6.45) is 0. The van der Waals surface area contributed by atoms with Crippen LogP contribution in [0.4, 0.5) is 0 Å². The molecule has 0 unspecified atom stereocenters. The summed E-state index contributed by atoms with van der Waals surface area (Å²) in [5, 5.41) is 7.80. The first-order chi connectivity index (χ1) is 9.81. The van der Waals surface area contributed by atoms with E-state index in [9.17, 15) is 0 Å². The lowest BCUT2D eigenvalue weighted by atomic mass is 10.2. The van der Waals surface area contributed by atoms with Crippen molar-refractivity contribution >= 4 is 0 Å². The van der Waals surface area contributed by atoms with Gasteiger partial charge in [0.1, 0.15) is 12.4 Å². The van der Waals surface area contributed by atoms with Crippen LogP contribution in [0.1, 0.15) is 11.5 Å². The van der Waals surface area contributed by atoms with Crippen LogP contribution in [0.2, 0.25) is 0 Å². The van der Waals surface area contributed by atoms with Gasteiger partial charge in [-0.3, -0.25) is 0 Å². The van der Waals surface area contributed by atoms with Crippen molar-refractivity contribution in [3.05, 3.63) is 66.1 Å². The summed E-state index contributed by atoms with van der Waals surface area (Å²) in [5.41, 5.74) is 2.03. The van der Waals surface area contributed by atoms with Gasteiger partial charge in [0.2, 0.25) is 11.8 Å². The first kappa shape index (κ1) is 12.4. The average Bonchev–Trinajstić information content (AvgIpc) is 2.93. The highest BCUT2D eigenvalue weighted by atomic mass is 16.5. The van der Waals surface area contributed by atoms with Gasteiger partial charge in [-0.2, -0.15) is 0 Å². The minimum Gasteiger partial charge on any atom is -0.489 e. The predicted octanol–water partition coefficient (Wildman–Crippen LogP) is 3.62. The summed E-state index contributed by atoms with van der Waals surface area (Å²) in [4.78, 5) is 0. The van der Waals surface area contributed by atoms with E-state index in [-0.39, 0.29) is 0 Å². The Morgan fingerprint density at radius 3 is 2.35 bits per heavy atom. The molecule has 0 N–H and O–H groups in total. The molecule has 20 heavy (non-hydrogen) atoms. The third kappa shape index (κ3) is 2.85. The van der Waals surface area contributed by atoms with E-state index >= 15 is 0 Å². The van der Waals surface area contributed by atoms with E-state index in [4.69, 9.17) is 9.15 Å². The maximum atomic E-state index is 5.72. The summed E-state index contributed by atoms with van der Waals surface area (Å²) in [6.45, 7) is 2.33. The molecular weight excluding hydrogens is 252 g/mol. The topological polar surface area (TPSA) is 48.2 Å². The minimum atomic E-state index is 0.525. The van der Waals surface area contributed by atoms with Crippen molar-refractivity contribution in [1.29, 1.82) is 0 Å². The number of aryl methyl sites for hydroxylation is 1. The highest BCUT2D eigenvalue weighted by molar-refractivity contribution is 5.53. The van der Waals surface area contributed by atoms with Crippen LogP contribution < -0.4 is 4.74 Å². The molecule has 1 heterocycles. The third-order valence-electron chi connectivity index (χ3n) is 2.88. The van der Waals surface area contributed by atoms with E-state index in [0.29, 0.717) is 18.4 Å². The van der Waals surface area contributed by atoms with E-state index < -0.39 is 0 Å². The highest BCUT2D eigenvalue weighted by Gasteiger charge is 2.05. The summed E-state index contributed by atoms with van der Waals surface area (Å²) in [6, 6.07) is 17.7. The number of hydrogen-bond acceptors (Lipinski definition) is 4. The van der Waals surface area contributed by atoms with E-state index in [1.165, 1.54) is 0 Å². The van der Waals surface area contributed by atoms with Crippen LogP contribution in [0.3, 0.4) is 0 Å². The van der Waals surface area contributed by atoms with Crippen molar-refractivity contribution in [3.63, 3.8) is 0 Å². The zero-order valence-corrected chi connectivity index (χ0v) is 11.1. The molecule has 0 amide bonds. The Morgan fingerprint density at radius 2 is 1.70 bits per heavy atom. The minimum absolute atomic E-state index is 0.525. The van der Waals surface area contributed by atoms with Crippen molar-refractivity contribution < 1.29 is 9.15 Å². The molecule has 0 bridgehead atoms. The fourth-order valence-electron chi connectivity index (χ4n) is 1.85. The Labute approximate surface area is 117 Å². The Kier molecular flexibility index (Phi) is 3.46. The van der Waals surface area contributed by atoms with Gasteiger partial charge in [0.15, 0.2) is 0 Å². The quantitative estimate of drug-likeness (QED) is 0.723. The summed E-state index contributed by atoms with van der Waals surface area (Å²) >= 11 is 0. The van der Waals surface area contributed by atoms with Gasteiger partial charge in [-0.05, 0) is 29.8 Å². The molecule has 0 atom stereocenters.